The van der Waals surface area contributed by atoms with E-state index < -0.39 is 23.7 Å². The molecular weight excluding hydrogens is 386 g/mol. The van der Waals surface area contributed by atoms with Crippen molar-refractivity contribution in [1.29, 1.82) is 0 Å². The number of methoxy groups -OCH3 is 1. The SMILES string of the molecule is COC(=O)C1Cc2c(Br)cccc2CN1C(=O)OC(C)(C)C.Cl. The summed E-state index contributed by atoms with van der Waals surface area (Å²) in [6.45, 7) is 5.72. The standard InChI is InChI=1S/C16H20BrNO4.ClH/c1-16(2,3)22-15(20)18-9-10-6-5-7-12(17)11(10)8-13(18)14(19)21-4;/h5-7,13H,8-9H2,1-4H3;1H. The second-order valence-electron chi connectivity index (χ2n) is 6.23. The van der Waals surface area contributed by atoms with Crippen LogP contribution < -0.4 is 0 Å². The van der Waals surface area contributed by atoms with E-state index in [1.165, 1.54) is 12.0 Å². The number of hydrogen-bond donors (Lipinski definition) is 0. The number of nitrogens with zero attached hydrogens (tertiary/aromatic N) is 1. The average Bonchev–Trinajstić information content (AvgIpc) is 2.44. The monoisotopic (exact) mass is 405 g/mol. The second kappa shape index (κ2) is 7.53. The molecular formula is C16H21BrClNO4. The van der Waals surface area contributed by atoms with Crippen molar-refractivity contribution < 1.29 is 19.1 Å². The molecule has 0 saturated carbocycles. The Bertz CT molecular complexity index is 600. The molecule has 1 atom stereocenters. The number of ether oxygens (including phenoxy) is 2. The Labute approximate surface area is 150 Å². The van der Waals surface area contributed by atoms with Crippen molar-refractivity contribution in [2.24, 2.45) is 0 Å². The van der Waals surface area contributed by atoms with Gasteiger partial charge in [-0.3, -0.25) is 4.90 Å². The summed E-state index contributed by atoms with van der Waals surface area (Å²) >= 11 is 3.50. The van der Waals surface area contributed by atoms with E-state index in [-0.39, 0.29) is 12.4 Å². The van der Waals surface area contributed by atoms with Crippen molar-refractivity contribution in [2.75, 3.05) is 7.11 Å². The Morgan fingerprint density at radius 3 is 2.52 bits per heavy atom. The van der Waals surface area contributed by atoms with Crippen LogP contribution in [0.5, 0.6) is 0 Å². The molecule has 1 heterocycles. The minimum atomic E-state index is -0.675. The van der Waals surface area contributed by atoms with Gasteiger partial charge in [-0.1, -0.05) is 28.1 Å². The molecule has 1 amide bonds. The van der Waals surface area contributed by atoms with Gasteiger partial charge in [-0.2, -0.15) is 0 Å². The number of halogens is 2. The molecule has 0 spiro atoms. The number of rotatable bonds is 1. The Morgan fingerprint density at radius 1 is 1.30 bits per heavy atom. The molecule has 1 unspecified atom stereocenters. The number of benzene rings is 1. The number of carbonyl (C=O) groups is 2. The van der Waals surface area contributed by atoms with Crippen LogP contribution in [0.4, 0.5) is 4.79 Å². The summed E-state index contributed by atoms with van der Waals surface area (Å²) in [6, 6.07) is 5.11. The van der Waals surface area contributed by atoms with Crippen molar-refractivity contribution >= 4 is 40.4 Å². The number of esters is 1. The molecule has 7 heteroatoms. The van der Waals surface area contributed by atoms with Gasteiger partial charge in [0, 0.05) is 10.9 Å². The Kier molecular flexibility index (Phi) is 6.48. The third kappa shape index (κ3) is 4.61. The quantitative estimate of drug-likeness (QED) is 0.667. The largest absolute Gasteiger partial charge is 0.467 e. The molecule has 1 aliphatic heterocycles. The molecule has 0 N–H and O–H groups in total. The highest BCUT2D eigenvalue weighted by Crippen LogP contribution is 2.30. The second-order valence-corrected chi connectivity index (χ2v) is 7.08. The minimum absolute atomic E-state index is 0. The van der Waals surface area contributed by atoms with Crippen LogP contribution in [0.1, 0.15) is 31.9 Å². The van der Waals surface area contributed by atoms with Crippen LogP contribution in [-0.2, 0) is 27.2 Å². The summed E-state index contributed by atoms with van der Waals surface area (Å²) in [6.07, 6.45) is -0.101. The van der Waals surface area contributed by atoms with Gasteiger partial charge in [0.2, 0.25) is 0 Å². The van der Waals surface area contributed by atoms with E-state index in [0.29, 0.717) is 13.0 Å². The van der Waals surface area contributed by atoms with Crippen LogP contribution in [-0.4, -0.2) is 35.7 Å². The molecule has 23 heavy (non-hydrogen) atoms. The van der Waals surface area contributed by atoms with Crippen LogP contribution in [0, 0.1) is 0 Å². The molecule has 1 aromatic carbocycles. The molecule has 0 radical (unpaired) electrons. The number of amides is 1. The fourth-order valence-corrected chi connectivity index (χ4v) is 3.01. The van der Waals surface area contributed by atoms with E-state index in [4.69, 9.17) is 9.47 Å². The number of carbonyl (C=O) groups excluding carboxylic acids is 2. The maximum atomic E-state index is 12.4. The summed E-state index contributed by atoms with van der Waals surface area (Å²) in [5.41, 5.74) is 1.41. The van der Waals surface area contributed by atoms with Crippen molar-refractivity contribution in [2.45, 2.75) is 45.4 Å². The molecule has 5 nitrogen and oxygen atoms in total. The minimum Gasteiger partial charge on any atom is -0.467 e. The third-order valence-corrected chi connectivity index (χ3v) is 4.17. The summed E-state index contributed by atoms with van der Waals surface area (Å²) in [5.74, 6) is -0.438. The first-order valence-corrected chi connectivity index (χ1v) is 7.86. The molecule has 1 aliphatic rings. The van der Waals surface area contributed by atoms with Gasteiger partial charge in [-0.15, -0.1) is 12.4 Å². The van der Waals surface area contributed by atoms with E-state index in [0.717, 1.165) is 15.6 Å². The van der Waals surface area contributed by atoms with E-state index in [1.807, 2.05) is 18.2 Å². The molecule has 0 saturated heterocycles. The third-order valence-electron chi connectivity index (χ3n) is 3.43. The lowest BCUT2D eigenvalue weighted by Gasteiger charge is -2.36. The van der Waals surface area contributed by atoms with Crippen molar-refractivity contribution in [3.63, 3.8) is 0 Å². The van der Waals surface area contributed by atoms with Gasteiger partial charge in [0.05, 0.1) is 13.7 Å². The summed E-state index contributed by atoms with van der Waals surface area (Å²) in [7, 11) is 1.32. The van der Waals surface area contributed by atoms with E-state index >= 15 is 0 Å². The van der Waals surface area contributed by atoms with Gasteiger partial charge >= 0.3 is 12.1 Å². The molecule has 128 valence electrons. The maximum absolute atomic E-state index is 12.4. The fourth-order valence-electron chi connectivity index (χ4n) is 2.44. The average molecular weight is 407 g/mol. The van der Waals surface area contributed by atoms with Gasteiger partial charge in [-0.25, -0.2) is 9.59 Å². The molecule has 0 aliphatic carbocycles. The maximum Gasteiger partial charge on any atom is 0.411 e. The van der Waals surface area contributed by atoms with Crippen LogP contribution >= 0.6 is 28.3 Å². The fraction of sp³-hybridized carbons (Fsp3) is 0.500. The van der Waals surface area contributed by atoms with Gasteiger partial charge in [0.15, 0.2) is 0 Å². The summed E-state index contributed by atoms with van der Waals surface area (Å²) < 4.78 is 11.2. The topological polar surface area (TPSA) is 55.8 Å². The van der Waals surface area contributed by atoms with Gasteiger partial charge < -0.3 is 9.47 Å². The van der Waals surface area contributed by atoms with Crippen molar-refractivity contribution in [1.82, 2.24) is 4.90 Å². The van der Waals surface area contributed by atoms with Crippen LogP contribution in [0.15, 0.2) is 22.7 Å². The zero-order valence-electron chi connectivity index (χ0n) is 13.6. The van der Waals surface area contributed by atoms with Crippen molar-refractivity contribution in [3.8, 4) is 0 Å². The highest BCUT2D eigenvalue weighted by atomic mass is 79.9. The first kappa shape index (κ1) is 19.8. The summed E-state index contributed by atoms with van der Waals surface area (Å²) in [4.78, 5) is 25.9. The first-order valence-electron chi connectivity index (χ1n) is 7.06. The zero-order valence-corrected chi connectivity index (χ0v) is 16.0. The molecule has 0 fully saturated rings. The lowest BCUT2D eigenvalue weighted by molar-refractivity contribution is -0.147. The van der Waals surface area contributed by atoms with Crippen LogP contribution in [0.2, 0.25) is 0 Å². The Morgan fingerprint density at radius 2 is 1.96 bits per heavy atom. The molecule has 0 bridgehead atoms. The molecule has 2 rings (SSSR count). The normalized spacial score (nSPS) is 16.9. The highest BCUT2D eigenvalue weighted by Gasteiger charge is 2.38. The number of hydrogen-bond acceptors (Lipinski definition) is 4. The lowest BCUT2D eigenvalue weighted by atomic mass is 9.94. The van der Waals surface area contributed by atoms with Gasteiger partial charge in [0.25, 0.3) is 0 Å². The lowest BCUT2D eigenvalue weighted by Crippen LogP contribution is -2.50. The van der Waals surface area contributed by atoms with E-state index in [1.54, 1.807) is 20.8 Å². The highest BCUT2D eigenvalue weighted by molar-refractivity contribution is 9.10. The molecule has 1 aromatic rings. The first-order chi connectivity index (χ1) is 10.2. The Hall–Kier alpha value is -1.27. The van der Waals surface area contributed by atoms with Crippen LogP contribution in [0.3, 0.4) is 0 Å². The summed E-state index contributed by atoms with van der Waals surface area (Å²) in [5, 5.41) is 0. The Balaban J connectivity index is 0.00000264. The van der Waals surface area contributed by atoms with E-state index in [2.05, 4.69) is 15.9 Å². The van der Waals surface area contributed by atoms with Gasteiger partial charge in [-0.05, 0) is 38.0 Å². The predicted octanol–water partition coefficient (Wildman–Crippen LogP) is 3.71. The molecule has 0 aromatic heterocycles. The number of fused-ring (bicyclic) bond motifs is 1. The predicted molar refractivity (Wildman–Crippen MR) is 92.7 cm³/mol. The van der Waals surface area contributed by atoms with Gasteiger partial charge in [0.1, 0.15) is 11.6 Å². The van der Waals surface area contributed by atoms with E-state index in [9.17, 15) is 9.59 Å². The zero-order chi connectivity index (χ0) is 16.5. The smallest absolute Gasteiger partial charge is 0.411 e. The van der Waals surface area contributed by atoms with Crippen molar-refractivity contribution in [3.05, 3.63) is 33.8 Å². The van der Waals surface area contributed by atoms with Crippen LogP contribution in [0.25, 0.3) is 0 Å².